The van der Waals surface area contributed by atoms with Crippen LogP contribution in [-0.2, 0) is 40.5 Å². The Kier molecular flexibility index (Phi) is 10.2. The largest absolute Gasteiger partial charge is 0.294 e. The molecule has 0 amide bonds. The van der Waals surface area contributed by atoms with Crippen molar-refractivity contribution in [3.05, 3.63) is 115 Å². The summed E-state index contributed by atoms with van der Waals surface area (Å²) in [5.41, 5.74) is 0.381. The average molecular weight is 862 g/mol. The van der Waals surface area contributed by atoms with E-state index < -0.39 is 60.1 Å². The lowest BCUT2D eigenvalue weighted by Gasteiger charge is -2.12. The molecule has 7 aromatic rings. The highest BCUT2D eigenvalue weighted by molar-refractivity contribution is 7.86. The molecule has 3 aromatic heterocycles. The number of hydrogen-bond acceptors (Lipinski definition) is 15. The van der Waals surface area contributed by atoms with Gasteiger partial charge in [-0.1, -0.05) is 54.6 Å². The summed E-state index contributed by atoms with van der Waals surface area (Å²) >= 11 is 0. The molecule has 3 heterocycles. The van der Waals surface area contributed by atoms with Gasteiger partial charge in [-0.15, -0.1) is 20.4 Å². The second kappa shape index (κ2) is 14.9. The van der Waals surface area contributed by atoms with Gasteiger partial charge in [-0.2, -0.15) is 33.7 Å². The van der Waals surface area contributed by atoms with Crippen molar-refractivity contribution >= 4 is 40.5 Å². The zero-order valence-electron chi connectivity index (χ0n) is 28.8. The molecule has 294 valence electrons. The molecule has 0 fully saturated rings. The summed E-state index contributed by atoms with van der Waals surface area (Å²) in [6.07, 6.45) is 0. The lowest BCUT2D eigenvalue weighted by Crippen LogP contribution is -2.05. The standard InChI is InChI=1S/C35H23N7O12S4/c43-55(44,45)24-10-1-6-20(16-24)30-32(22-8-3-12-26(18-22)57(49,50)51)39-41-34(37-30)28-14-5-15-29(36-28)35-38-31(21-7-2-11-25(17-21)56(46,47)48)33(40-42-35)23-9-4-13-27(19-23)58(52,53)54/h1-19H,(H,43,44,45)(H,46,47,48)(H,49,50,51)(H,52,53,54). The summed E-state index contributed by atoms with van der Waals surface area (Å²) in [6.45, 7) is 0. The van der Waals surface area contributed by atoms with Crippen molar-refractivity contribution in [1.29, 1.82) is 0 Å². The molecule has 0 saturated carbocycles. The molecule has 0 atom stereocenters. The van der Waals surface area contributed by atoms with E-state index in [1.807, 2.05) is 0 Å². The first-order valence-corrected chi connectivity index (χ1v) is 21.8. The Hall–Kier alpha value is -6.31. The van der Waals surface area contributed by atoms with E-state index in [2.05, 4.69) is 35.3 Å². The van der Waals surface area contributed by atoms with Crippen LogP contribution in [0.2, 0.25) is 0 Å². The Morgan fingerprint density at radius 1 is 0.328 bits per heavy atom. The molecule has 0 radical (unpaired) electrons. The van der Waals surface area contributed by atoms with Crippen LogP contribution < -0.4 is 0 Å². The van der Waals surface area contributed by atoms with E-state index in [1.54, 1.807) is 0 Å². The predicted molar refractivity (Wildman–Crippen MR) is 203 cm³/mol. The summed E-state index contributed by atoms with van der Waals surface area (Å²) in [6, 6.07) is 24.6. The minimum Gasteiger partial charge on any atom is -0.282 e. The van der Waals surface area contributed by atoms with Crippen LogP contribution in [0.4, 0.5) is 0 Å². The molecule has 23 heteroatoms. The Labute approximate surface area is 329 Å². The Morgan fingerprint density at radius 2 is 0.603 bits per heavy atom. The van der Waals surface area contributed by atoms with Crippen molar-refractivity contribution in [2.24, 2.45) is 0 Å². The van der Waals surface area contributed by atoms with E-state index in [-0.39, 0.29) is 68.1 Å². The maximum Gasteiger partial charge on any atom is 0.294 e. The van der Waals surface area contributed by atoms with Gasteiger partial charge in [0.05, 0.1) is 19.6 Å². The second-order valence-corrected chi connectivity index (χ2v) is 17.8. The highest BCUT2D eigenvalue weighted by atomic mass is 32.2. The maximum absolute atomic E-state index is 12.0. The van der Waals surface area contributed by atoms with Gasteiger partial charge in [0.15, 0.2) is 0 Å². The predicted octanol–water partition coefficient (Wildman–Crippen LogP) is 4.44. The summed E-state index contributed by atoms with van der Waals surface area (Å²) in [4.78, 5) is 11.8. The van der Waals surface area contributed by atoms with Crippen LogP contribution in [0.3, 0.4) is 0 Å². The highest BCUT2D eigenvalue weighted by Gasteiger charge is 2.23. The van der Waals surface area contributed by atoms with E-state index in [9.17, 15) is 51.9 Å². The van der Waals surface area contributed by atoms with E-state index in [0.29, 0.717) is 0 Å². The fraction of sp³-hybridized carbons (Fsp3) is 0. The zero-order valence-corrected chi connectivity index (χ0v) is 32.1. The molecule has 0 aliphatic carbocycles. The summed E-state index contributed by atoms with van der Waals surface area (Å²) < 4.78 is 135. The molecule has 0 spiro atoms. The van der Waals surface area contributed by atoms with E-state index in [0.717, 1.165) is 48.5 Å². The van der Waals surface area contributed by atoms with Crippen LogP contribution in [0.25, 0.3) is 68.1 Å². The molecule has 0 saturated heterocycles. The van der Waals surface area contributed by atoms with E-state index in [4.69, 9.17) is 0 Å². The lowest BCUT2D eigenvalue weighted by molar-refractivity contribution is 0.481. The molecule has 58 heavy (non-hydrogen) atoms. The van der Waals surface area contributed by atoms with Crippen LogP contribution in [0.15, 0.2) is 135 Å². The van der Waals surface area contributed by atoms with Crippen LogP contribution in [0.5, 0.6) is 0 Å². The molecule has 4 N–H and O–H groups in total. The SMILES string of the molecule is O=S(=O)(O)c1cccc(-c2nnc(-c3cccc(-c4nnc(-c5cccc(S(=O)(=O)O)c5)c(-c5cccc(S(=O)(=O)O)c5)n4)n3)nc2-c2cccc(S(=O)(=O)O)c2)c1. The number of pyridine rings is 1. The molecule has 7 rings (SSSR count). The van der Waals surface area contributed by atoms with Crippen LogP contribution in [0.1, 0.15) is 0 Å². The van der Waals surface area contributed by atoms with Gasteiger partial charge in [0.2, 0.25) is 11.6 Å². The molecular weight excluding hydrogens is 839 g/mol. The Bertz CT molecular complexity index is 3050. The van der Waals surface area contributed by atoms with Gasteiger partial charge in [0.25, 0.3) is 40.5 Å². The van der Waals surface area contributed by atoms with Gasteiger partial charge in [-0.05, 0) is 60.7 Å². The quantitative estimate of drug-likeness (QED) is 0.138. The lowest BCUT2D eigenvalue weighted by atomic mass is 10.0. The third-order valence-corrected chi connectivity index (χ3v) is 11.6. The van der Waals surface area contributed by atoms with Gasteiger partial charge in [0.1, 0.15) is 34.2 Å². The Morgan fingerprint density at radius 3 is 0.897 bits per heavy atom. The van der Waals surface area contributed by atoms with E-state index >= 15 is 0 Å². The fourth-order valence-corrected chi connectivity index (χ4v) is 7.67. The van der Waals surface area contributed by atoms with Crippen molar-refractivity contribution in [2.75, 3.05) is 0 Å². The summed E-state index contributed by atoms with van der Waals surface area (Å²) in [7, 11) is -18.7. The molecule has 19 nitrogen and oxygen atoms in total. The molecule has 0 aliphatic rings. The van der Waals surface area contributed by atoms with Gasteiger partial charge in [-0.25, -0.2) is 15.0 Å². The number of aromatic nitrogens is 7. The van der Waals surface area contributed by atoms with E-state index in [1.165, 1.54) is 66.7 Å². The molecule has 0 bridgehead atoms. The molecular formula is C35H23N7O12S4. The number of benzene rings is 4. The van der Waals surface area contributed by atoms with Crippen molar-refractivity contribution in [2.45, 2.75) is 19.6 Å². The molecule has 0 aliphatic heterocycles. The monoisotopic (exact) mass is 861 g/mol. The fourth-order valence-electron chi connectivity index (χ4n) is 5.56. The first kappa shape index (κ1) is 39.9. The van der Waals surface area contributed by atoms with Crippen molar-refractivity contribution in [3.63, 3.8) is 0 Å². The van der Waals surface area contributed by atoms with Crippen molar-refractivity contribution < 1.29 is 51.9 Å². The summed E-state index contributed by atoms with van der Waals surface area (Å²) in [5, 5.41) is 16.9. The molecule has 4 aromatic carbocycles. The highest BCUT2D eigenvalue weighted by Crippen LogP contribution is 2.34. The number of nitrogens with zero attached hydrogens (tertiary/aromatic N) is 7. The van der Waals surface area contributed by atoms with Gasteiger partial charge >= 0.3 is 0 Å². The van der Waals surface area contributed by atoms with Crippen LogP contribution in [-0.4, -0.2) is 87.2 Å². The van der Waals surface area contributed by atoms with Gasteiger partial charge in [-0.3, -0.25) is 18.2 Å². The normalized spacial score (nSPS) is 12.3. The zero-order chi connectivity index (χ0) is 41.6. The first-order chi connectivity index (χ1) is 27.3. The average Bonchev–Trinajstić information content (AvgIpc) is 3.19. The minimum atomic E-state index is -4.69. The maximum atomic E-state index is 12.0. The van der Waals surface area contributed by atoms with Crippen LogP contribution >= 0.6 is 0 Å². The third-order valence-electron chi connectivity index (χ3n) is 8.20. The van der Waals surface area contributed by atoms with Crippen molar-refractivity contribution in [3.8, 4) is 68.1 Å². The van der Waals surface area contributed by atoms with Crippen LogP contribution in [0, 0.1) is 0 Å². The minimum absolute atomic E-state index is 0.0365. The smallest absolute Gasteiger partial charge is 0.282 e. The number of rotatable bonds is 10. The topological polar surface area (TPSA) is 308 Å². The second-order valence-electron chi connectivity index (χ2n) is 12.1. The van der Waals surface area contributed by atoms with Gasteiger partial charge in [0, 0.05) is 22.3 Å². The van der Waals surface area contributed by atoms with Crippen molar-refractivity contribution in [1.82, 2.24) is 35.3 Å². The van der Waals surface area contributed by atoms with Gasteiger partial charge < -0.3 is 0 Å². The third kappa shape index (κ3) is 8.50. The first-order valence-electron chi connectivity index (χ1n) is 16.0. The number of hydrogen-bond donors (Lipinski definition) is 4. The Balaban J connectivity index is 1.39. The molecule has 0 unspecified atom stereocenters. The summed E-state index contributed by atoms with van der Waals surface area (Å²) in [5.74, 6) is -0.284.